The van der Waals surface area contributed by atoms with Gasteiger partial charge in [0.1, 0.15) is 0 Å². The minimum absolute atomic E-state index is 0.175. The van der Waals surface area contributed by atoms with Gasteiger partial charge in [-0.2, -0.15) is 0 Å². The Morgan fingerprint density at radius 2 is 2.00 bits per heavy atom. The van der Waals surface area contributed by atoms with Gasteiger partial charge in [0.05, 0.1) is 16.6 Å². The molecule has 1 heterocycles. The Morgan fingerprint density at radius 3 is 2.53 bits per heavy atom. The fourth-order valence-electron chi connectivity index (χ4n) is 1.90. The summed E-state index contributed by atoms with van der Waals surface area (Å²) in [5.74, 6) is -0.999. The molecule has 0 saturated heterocycles. The van der Waals surface area contributed by atoms with Gasteiger partial charge in [-0.15, -0.1) is 0 Å². The maximum absolute atomic E-state index is 11.8. The molecule has 1 aromatic carbocycles. The first-order chi connectivity index (χ1) is 7.80. The van der Waals surface area contributed by atoms with Gasteiger partial charge in [0.15, 0.2) is 0 Å². The second-order valence-corrected chi connectivity index (χ2v) is 4.97. The molecule has 0 aliphatic rings. The van der Waals surface area contributed by atoms with Crippen LogP contribution in [0.25, 0.3) is 11.0 Å². The number of carbonyl (C=O) groups is 1. The van der Waals surface area contributed by atoms with E-state index >= 15 is 0 Å². The lowest BCUT2D eigenvalue weighted by molar-refractivity contribution is 0.0697. The van der Waals surface area contributed by atoms with Crippen LogP contribution in [0.5, 0.6) is 0 Å². The highest BCUT2D eigenvalue weighted by Crippen LogP contribution is 2.20. The minimum atomic E-state index is -0.999. The summed E-state index contributed by atoms with van der Waals surface area (Å²) in [5.41, 5.74) is 0.814. The number of hydrogen-bond donors (Lipinski definition) is 2. The van der Waals surface area contributed by atoms with Crippen molar-refractivity contribution in [2.75, 3.05) is 0 Å². The molecular formula is C12H14N2O3. The summed E-state index contributed by atoms with van der Waals surface area (Å²) in [4.78, 5) is 25.5. The van der Waals surface area contributed by atoms with Gasteiger partial charge in [0.25, 0.3) is 0 Å². The molecule has 17 heavy (non-hydrogen) atoms. The third-order valence-corrected chi connectivity index (χ3v) is 2.60. The molecule has 0 saturated carbocycles. The number of fused-ring (bicyclic) bond motifs is 1. The van der Waals surface area contributed by atoms with E-state index in [0.717, 1.165) is 0 Å². The summed E-state index contributed by atoms with van der Waals surface area (Å²) in [5, 5.41) is 8.95. The quantitative estimate of drug-likeness (QED) is 0.789. The summed E-state index contributed by atoms with van der Waals surface area (Å²) in [6.45, 7) is 5.69. The summed E-state index contributed by atoms with van der Waals surface area (Å²) in [6.07, 6.45) is 0. The highest BCUT2D eigenvalue weighted by atomic mass is 16.4. The molecule has 0 fully saturated rings. The molecule has 90 valence electrons. The van der Waals surface area contributed by atoms with Crippen molar-refractivity contribution in [1.29, 1.82) is 0 Å². The van der Waals surface area contributed by atoms with Crippen LogP contribution in [-0.2, 0) is 5.54 Å². The molecule has 0 bridgehead atoms. The van der Waals surface area contributed by atoms with E-state index < -0.39 is 11.5 Å². The van der Waals surface area contributed by atoms with Crippen molar-refractivity contribution in [3.05, 3.63) is 34.2 Å². The van der Waals surface area contributed by atoms with Crippen molar-refractivity contribution in [2.45, 2.75) is 26.3 Å². The van der Waals surface area contributed by atoms with E-state index in [4.69, 9.17) is 5.11 Å². The van der Waals surface area contributed by atoms with Crippen LogP contribution in [0.2, 0.25) is 0 Å². The Labute approximate surface area is 97.7 Å². The number of rotatable bonds is 1. The first kappa shape index (κ1) is 11.4. The highest BCUT2D eigenvalue weighted by Gasteiger charge is 2.20. The van der Waals surface area contributed by atoms with Crippen molar-refractivity contribution in [1.82, 2.24) is 9.55 Å². The Bertz CT molecular complexity index is 644. The summed E-state index contributed by atoms with van der Waals surface area (Å²) < 4.78 is 1.56. The average molecular weight is 234 g/mol. The van der Waals surface area contributed by atoms with E-state index in [1.54, 1.807) is 10.6 Å². The summed E-state index contributed by atoms with van der Waals surface area (Å²) in [6, 6.07) is 4.61. The van der Waals surface area contributed by atoms with Crippen LogP contribution in [-0.4, -0.2) is 20.6 Å². The monoisotopic (exact) mass is 234 g/mol. The fraction of sp³-hybridized carbons (Fsp3) is 0.333. The van der Waals surface area contributed by atoms with Crippen LogP contribution in [0.4, 0.5) is 0 Å². The van der Waals surface area contributed by atoms with Gasteiger partial charge < -0.3 is 10.1 Å². The lowest BCUT2D eigenvalue weighted by Gasteiger charge is -2.20. The van der Waals surface area contributed by atoms with Crippen LogP contribution in [0.3, 0.4) is 0 Å². The molecule has 0 aliphatic heterocycles. The SMILES string of the molecule is CC(C)(C)n1c(=O)[nH]c2ccc(C(=O)O)cc21. The number of benzene rings is 1. The highest BCUT2D eigenvalue weighted by molar-refractivity contribution is 5.92. The molecule has 5 heteroatoms. The van der Waals surface area contributed by atoms with Gasteiger partial charge in [-0.05, 0) is 39.0 Å². The number of aromatic amines is 1. The van der Waals surface area contributed by atoms with Crippen LogP contribution >= 0.6 is 0 Å². The molecule has 0 spiro atoms. The molecule has 1 aromatic heterocycles. The van der Waals surface area contributed by atoms with Crippen molar-refractivity contribution in [3.63, 3.8) is 0 Å². The molecule has 0 amide bonds. The first-order valence-corrected chi connectivity index (χ1v) is 5.29. The van der Waals surface area contributed by atoms with Gasteiger partial charge in [-0.1, -0.05) is 0 Å². The maximum Gasteiger partial charge on any atom is 0.335 e. The molecule has 2 aromatic rings. The number of aromatic nitrogens is 2. The largest absolute Gasteiger partial charge is 0.478 e. The molecule has 0 atom stereocenters. The number of H-pyrrole nitrogens is 1. The predicted octanol–water partition coefficient (Wildman–Crippen LogP) is 1.78. The normalized spacial score (nSPS) is 11.9. The summed E-state index contributed by atoms with van der Waals surface area (Å²) in [7, 11) is 0. The van der Waals surface area contributed by atoms with Crippen LogP contribution in [0.15, 0.2) is 23.0 Å². The zero-order chi connectivity index (χ0) is 12.8. The second kappa shape index (κ2) is 3.48. The number of aromatic carboxylic acids is 1. The van der Waals surface area contributed by atoms with Crippen LogP contribution < -0.4 is 5.69 Å². The Hall–Kier alpha value is -2.04. The minimum Gasteiger partial charge on any atom is -0.478 e. The van der Waals surface area contributed by atoms with Crippen molar-refractivity contribution in [3.8, 4) is 0 Å². The Kier molecular flexibility index (Phi) is 2.34. The third-order valence-electron chi connectivity index (χ3n) is 2.60. The predicted molar refractivity (Wildman–Crippen MR) is 64.5 cm³/mol. The second-order valence-electron chi connectivity index (χ2n) is 4.97. The van der Waals surface area contributed by atoms with E-state index in [9.17, 15) is 9.59 Å². The summed E-state index contributed by atoms with van der Waals surface area (Å²) >= 11 is 0. The van der Waals surface area contributed by atoms with Crippen molar-refractivity contribution >= 4 is 17.0 Å². The maximum atomic E-state index is 11.8. The third kappa shape index (κ3) is 1.84. The Balaban J connectivity index is 2.83. The van der Waals surface area contributed by atoms with E-state index in [2.05, 4.69) is 4.98 Å². The van der Waals surface area contributed by atoms with E-state index in [0.29, 0.717) is 11.0 Å². The zero-order valence-electron chi connectivity index (χ0n) is 9.94. The van der Waals surface area contributed by atoms with E-state index in [1.807, 2.05) is 20.8 Å². The molecule has 5 nitrogen and oxygen atoms in total. The topological polar surface area (TPSA) is 75.1 Å². The number of carboxylic acids is 1. The standard InChI is InChI=1S/C12H14N2O3/c1-12(2,3)14-9-6-7(10(15)16)4-5-8(9)13-11(14)17/h4-6H,1-3H3,(H,13,17)(H,15,16). The molecule has 0 unspecified atom stereocenters. The number of carboxylic acid groups (broad SMARTS) is 1. The van der Waals surface area contributed by atoms with Gasteiger partial charge in [0, 0.05) is 5.54 Å². The zero-order valence-corrected chi connectivity index (χ0v) is 9.94. The smallest absolute Gasteiger partial charge is 0.335 e. The fourth-order valence-corrected chi connectivity index (χ4v) is 1.90. The molecule has 0 aliphatic carbocycles. The lowest BCUT2D eigenvalue weighted by atomic mass is 10.1. The van der Waals surface area contributed by atoms with E-state index in [-0.39, 0.29) is 11.3 Å². The van der Waals surface area contributed by atoms with E-state index in [1.165, 1.54) is 12.1 Å². The van der Waals surface area contributed by atoms with Crippen molar-refractivity contribution < 1.29 is 9.90 Å². The lowest BCUT2D eigenvalue weighted by Crippen LogP contribution is -2.31. The average Bonchev–Trinajstić information content (AvgIpc) is 2.51. The van der Waals surface area contributed by atoms with Crippen LogP contribution in [0.1, 0.15) is 31.1 Å². The number of hydrogen-bond acceptors (Lipinski definition) is 2. The Morgan fingerprint density at radius 1 is 1.35 bits per heavy atom. The number of nitrogens with zero attached hydrogens (tertiary/aromatic N) is 1. The van der Waals surface area contributed by atoms with Gasteiger partial charge >= 0.3 is 11.7 Å². The molecule has 0 radical (unpaired) electrons. The van der Waals surface area contributed by atoms with Crippen molar-refractivity contribution in [2.24, 2.45) is 0 Å². The molecule has 2 rings (SSSR count). The number of imidazole rings is 1. The first-order valence-electron chi connectivity index (χ1n) is 5.29. The number of nitrogens with one attached hydrogen (secondary N) is 1. The van der Waals surface area contributed by atoms with Gasteiger partial charge in [-0.3, -0.25) is 4.57 Å². The van der Waals surface area contributed by atoms with Gasteiger partial charge in [0.2, 0.25) is 0 Å². The van der Waals surface area contributed by atoms with Crippen LogP contribution in [0, 0.1) is 0 Å². The molecule has 2 N–H and O–H groups in total. The van der Waals surface area contributed by atoms with Gasteiger partial charge in [-0.25, -0.2) is 9.59 Å². The molecular weight excluding hydrogens is 220 g/mol.